The first kappa shape index (κ1) is 19.9. The smallest absolute Gasteiger partial charge is 0.338 e. The van der Waals surface area contributed by atoms with Crippen LogP contribution in [0.2, 0.25) is 0 Å². The lowest BCUT2D eigenvalue weighted by Gasteiger charge is -2.26. The van der Waals surface area contributed by atoms with Crippen LogP contribution >= 0.6 is 15.9 Å². The average Bonchev–Trinajstić information content (AvgIpc) is 3.31. The molecule has 1 heterocycles. The van der Waals surface area contributed by atoms with Gasteiger partial charge < -0.3 is 19.5 Å². The van der Waals surface area contributed by atoms with E-state index in [1.807, 2.05) is 0 Å². The zero-order valence-electron chi connectivity index (χ0n) is 15.6. The molecule has 1 amide bonds. The Morgan fingerprint density at radius 1 is 1.17 bits per heavy atom. The van der Waals surface area contributed by atoms with Gasteiger partial charge in [0.1, 0.15) is 6.10 Å². The lowest BCUT2D eigenvalue weighted by molar-refractivity contribution is -0.157. The van der Waals surface area contributed by atoms with Crippen LogP contribution in [0.1, 0.15) is 23.7 Å². The summed E-state index contributed by atoms with van der Waals surface area (Å²) in [5, 5.41) is 2.60. The Labute approximate surface area is 175 Å². The van der Waals surface area contributed by atoms with Gasteiger partial charge in [0, 0.05) is 11.6 Å². The Bertz CT molecular complexity index is 855. The zero-order valence-corrected chi connectivity index (χ0v) is 17.2. The highest BCUT2D eigenvalue weighted by Crippen LogP contribution is 2.60. The second-order valence-corrected chi connectivity index (χ2v) is 8.47. The van der Waals surface area contributed by atoms with E-state index in [0.29, 0.717) is 11.3 Å². The third-order valence-corrected chi connectivity index (χ3v) is 7.02. The van der Waals surface area contributed by atoms with E-state index in [0.717, 1.165) is 6.42 Å². The number of hydrogen-bond donors (Lipinski definition) is 1. The second kappa shape index (κ2) is 7.78. The number of carbonyl (C=O) groups excluding carboxylic acids is 4. The molecule has 9 heteroatoms. The van der Waals surface area contributed by atoms with Gasteiger partial charge in [-0.25, -0.2) is 4.79 Å². The fourth-order valence-corrected chi connectivity index (χ4v) is 5.67. The minimum atomic E-state index is -0.577. The minimum Gasteiger partial charge on any atom is -0.462 e. The van der Waals surface area contributed by atoms with Crippen molar-refractivity contribution in [3.63, 3.8) is 0 Å². The number of fused-ring (bicyclic) bond motifs is 1. The van der Waals surface area contributed by atoms with Gasteiger partial charge in [-0.3, -0.25) is 14.4 Å². The molecule has 1 aromatic rings. The molecule has 2 saturated carbocycles. The van der Waals surface area contributed by atoms with E-state index in [2.05, 4.69) is 21.2 Å². The molecule has 0 spiro atoms. The highest BCUT2D eigenvalue weighted by atomic mass is 79.9. The summed E-state index contributed by atoms with van der Waals surface area (Å²) in [6.45, 7) is 1.54. The van der Waals surface area contributed by atoms with Crippen molar-refractivity contribution in [2.24, 2.45) is 23.7 Å². The summed E-state index contributed by atoms with van der Waals surface area (Å²) < 4.78 is 15.5. The first-order valence-corrected chi connectivity index (χ1v) is 10.4. The normalized spacial score (nSPS) is 31.3. The summed E-state index contributed by atoms with van der Waals surface area (Å²) in [5.74, 6) is -2.86. The Morgan fingerprint density at radius 2 is 1.90 bits per heavy atom. The molecular formula is C20H20BrNO7. The van der Waals surface area contributed by atoms with Crippen molar-refractivity contribution < 1.29 is 33.4 Å². The molecular weight excluding hydrogens is 446 g/mol. The number of amides is 1. The Hall–Kier alpha value is -2.42. The van der Waals surface area contributed by atoms with E-state index in [4.69, 9.17) is 14.2 Å². The third kappa shape index (κ3) is 3.52. The highest BCUT2D eigenvalue weighted by Gasteiger charge is 2.68. The van der Waals surface area contributed by atoms with Crippen molar-refractivity contribution >= 4 is 45.4 Å². The maximum atomic E-state index is 12.6. The fourth-order valence-electron chi connectivity index (χ4n) is 4.63. The molecule has 6 atom stereocenters. The maximum Gasteiger partial charge on any atom is 0.338 e. The molecule has 29 heavy (non-hydrogen) atoms. The van der Waals surface area contributed by atoms with Crippen molar-refractivity contribution in [2.45, 2.75) is 24.3 Å². The predicted octanol–water partition coefficient (Wildman–Crippen LogP) is 1.92. The van der Waals surface area contributed by atoms with Crippen LogP contribution in [0, 0.1) is 23.7 Å². The summed E-state index contributed by atoms with van der Waals surface area (Å²) in [6, 6.07) is 6.19. The quantitative estimate of drug-likeness (QED) is 0.388. The Kier molecular flexibility index (Phi) is 5.33. The number of halogens is 1. The van der Waals surface area contributed by atoms with Gasteiger partial charge in [-0.15, -0.1) is 0 Å². The maximum absolute atomic E-state index is 12.6. The summed E-state index contributed by atoms with van der Waals surface area (Å²) >= 11 is 3.54. The molecule has 2 bridgehead atoms. The molecule has 0 radical (unpaired) electrons. The molecule has 0 aromatic heterocycles. The summed E-state index contributed by atoms with van der Waals surface area (Å²) in [4.78, 5) is 48.4. The zero-order chi connectivity index (χ0) is 20.7. The molecule has 1 N–H and O–H groups in total. The van der Waals surface area contributed by atoms with E-state index in [1.165, 1.54) is 12.1 Å². The van der Waals surface area contributed by atoms with Crippen LogP contribution in [0.25, 0.3) is 0 Å². The molecule has 2 aliphatic carbocycles. The number of anilines is 1. The fraction of sp³-hybridized carbons (Fsp3) is 0.500. The number of hydrogen-bond acceptors (Lipinski definition) is 7. The number of rotatable bonds is 6. The van der Waals surface area contributed by atoms with Gasteiger partial charge in [0.15, 0.2) is 6.61 Å². The number of benzene rings is 1. The first-order chi connectivity index (χ1) is 13.9. The first-order valence-electron chi connectivity index (χ1n) is 9.49. The topological polar surface area (TPSA) is 108 Å². The average molecular weight is 466 g/mol. The van der Waals surface area contributed by atoms with Crippen molar-refractivity contribution in [2.75, 3.05) is 18.5 Å². The highest BCUT2D eigenvalue weighted by molar-refractivity contribution is 9.09. The lowest BCUT2D eigenvalue weighted by Crippen LogP contribution is -2.39. The van der Waals surface area contributed by atoms with E-state index >= 15 is 0 Å². The van der Waals surface area contributed by atoms with Gasteiger partial charge in [0.25, 0.3) is 5.91 Å². The van der Waals surface area contributed by atoms with Crippen LogP contribution in [-0.2, 0) is 28.6 Å². The van der Waals surface area contributed by atoms with E-state index < -0.39 is 36.3 Å². The Balaban J connectivity index is 1.30. The summed E-state index contributed by atoms with van der Waals surface area (Å²) in [6.07, 6.45) is 0.581. The van der Waals surface area contributed by atoms with Crippen LogP contribution in [0.4, 0.5) is 5.69 Å². The van der Waals surface area contributed by atoms with Crippen LogP contribution in [0.3, 0.4) is 0 Å². The monoisotopic (exact) mass is 465 g/mol. The SMILES string of the molecule is CCOC(=O)c1ccc(NC(=O)COC(=O)C2C3CC4C(OC(=O)C42)C3Br)cc1. The van der Waals surface area contributed by atoms with E-state index in [-0.39, 0.29) is 35.3 Å². The van der Waals surface area contributed by atoms with Gasteiger partial charge in [0.05, 0.1) is 28.8 Å². The molecule has 1 aliphatic heterocycles. The van der Waals surface area contributed by atoms with Crippen LogP contribution < -0.4 is 5.32 Å². The van der Waals surface area contributed by atoms with E-state index in [1.54, 1.807) is 19.1 Å². The molecule has 1 saturated heterocycles. The van der Waals surface area contributed by atoms with Crippen LogP contribution in [0.15, 0.2) is 24.3 Å². The molecule has 6 unspecified atom stereocenters. The van der Waals surface area contributed by atoms with Gasteiger partial charge in [-0.1, -0.05) is 15.9 Å². The minimum absolute atomic E-state index is 0.0209. The van der Waals surface area contributed by atoms with Crippen LogP contribution in [0.5, 0.6) is 0 Å². The molecule has 3 aliphatic rings. The van der Waals surface area contributed by atoms with E-state index in [9.17, 15) is 19.2 Å². The molecule has 3 fully saturated rings. The van der Waals surface area contributed by atoms with Crippen molar-refractivity contribution in [3.8, 4) is 0 Å². The van der Waals surface area contributed by atoms with Gasteiger partial charge in [-0.2, -0.15) is 0 Å². The number of alkyl halides is 1. The third-order valence-electron chi connectivity index (χ3n) is 5.82. The second-order valence-electron chi connectivity index (χ2n) is 7.41. The van der Waals surface area contributed by atoms with Gasteiger partial charge in [0.2, 0.25) is 0 Å². The lowest BCUT2D eigenvalue weighted by atomic mass is 9.80. The number of esters is 3. The predicted molar refractivity (Wildman–Crippen MR) is 103 cm³/mol. The van der Waals surface area contributed by atoms with Gasteiger partial charge >= 0.3 is 17.9 Å². The number of carbonyl (C=O) groups is 4. The molecule has 8 nitrogen and oxygen atoms in total. The van der Waals surface area contributed by atoms with Crippen molar-refractivity contribution in [3.05, 3.63) is 29.8 Å². The van der Waals surface area contributed by atoms with Crippen molar-refractivity contribution in [1.29, 1.82) is 0 Å². The Morgan fingerprint density at radius 3 is 2.59 bits per heavy atom. The van der Waals surface area contributed by atoms with Gasteiger partial charge in [-0.05, 0) is 43.5 Å². The summed E-state index contributed by atoms with van der Waals surface area (Å²) in [7, 11) is 0. The van der Waals surface area contributed by atoms with Crippen LogP contribution in [-0.4, -0.2) is 48.0 Å². The largest absolute Gasteiger partial charge is 0.462 e. The number of ether oxygens (including phenoxy) is 3. The van der Waals surface area contributed by atoms with Crippen molar-refractivity contribution in [1.82, 2.24) is 0 Å². The molecule has 4 rings (SSSR count). The number of nitrogens with one attached hydrogen (secondary N) is 1. The molecule has 154 valence electrons. The molecule has 1 aromatic carbocycles. The standard InChI is InChI=1S/C20H20BrNO7/c1-2-27-18(24)9-3-5-10(6-4-9)22-13(23)8-28-19(25)14-11-7-12-15(14)20(26)29-17(12)16(11)21/h3-6,11-12,14-17H,2,7-8H2,1H3,(H,22,23). The summed E-state index contributed by atoms with van der Waals surface area (Å²) in [5.41, 5.74) is 0.834.